The SMILES string of the molecule is CC(C)c1c(-c2cc(F)cc3[nH]ccc23)[nH]c(C(=O)O)c1-c1ccnc2[nH]c(C3=CCN(S(=O)(=O)N(C)C)CC3)cc12. The van der Waals surface area contributed by atoms with Crippen LogP contribution in [0.2, 0.25) is 0 Å². The number of nitrogens with zero attached hydrogens (tertiary/aromatic N) is 3. The highest BCUT2D eigenvalue weighted by Crippen LogP contribution is 2.44. The number of halogens is 1. The van der Waals surface area contributed by atoms with Crippen LogP contribution in [0.5, 0.6) is 0 Å². The summed E-state index contributed by atoms with van der Waals surface area (Å²) in [6, 6.07) is 8.42. The lowest BCUT2D eigenvalue weighted by Gasteiger charge is -2.27. The van der Waals surface area contributed by atoms with E-state index in [9.17, 15) is 22.7 Å². The van der Waals surface area contributed by atoms with Crippen LogP contribution < -0.4 is 0 Å². The van der Waals surface area contributed by atoms with Crippen LogP contribution in [0.25, 0.3) is 49.9 Å². The van der Waals surface area contributed by atoms with Gasteiger partial charge in [-0.15, -0.1) is 0 Å². The van der Waals surface area contributed by atoms with Crippen LogP contribution in [0.15, 0.2) is 48.8 Å². The van der Waals surface area contributed by atoms with Gasteiger partial charge in [0.2, 0.25) is 0 Å². The normalized spacial score (nSPS) is 14.9. The van der Waals surface area contributed by atoms with E-state index in [1.807, 2.05) is 32.1 Å². The molecule has 0 amide bonds. The van der Waals surface area contributed by atoms with Gasteiger partial charge in [-0.25, -0.2) is 14.2 Å². The van der Waals surface area contributed by atoms with Crippen LogP contribution in [0, 0.1) is 5.82 Å². The van der Waals surface area contributed by atoms with Crippen molar-refractivity contribution in [1.29, 1.82) is 0 Å². The topological polar surface area (TPSA) is 138 Å². The molecule has 5 aromatic rings. The molecule has 4 aromatic heterocycles. The van der Waals surface area contributed by atoms with Crippen molar-refractivity contribution in [3.05, 3.63) is 71.6 Å². The molecule has 0 saturated heterocycles. The highest BCUT2D eigenvalue weighted by molar-refractivity contribution is 7.86. The van der Waals surface area contributed by atoms with Gasteiger partial charge in [0.25, 0.3) is 10.2 Å². The zero-order valence-electron chi connectivity index (χ0n) is 23.6. The Labute approximate surface area is 242 Å². The number of aromatic nitrogens is 4. The van der Waals surface area contributed by atoms with Gasteiger partial charge >= 0.3 is 5.97 Å². The van der Waals surface area contributed by atoms with Crippen LogP contribution in [-0.2, 0) is 10.2 Å². The number of carbonyl (C=O) groups is 1. The molecule has 0 fully saturated rings. The van der Waals surface area contributed by atoms with Gasteiger partial charge in [-0.2, -0.15) is 17.0 Å². The number of rotatable bonds is 7. The summed E-state index contributed by atoms with van der Waals surface area (Å²) in [5.41, 5.74) is 6.07. The number of benzene rings is 1. The monoisotopic (exact) mass is 590 g/mol. The first-order chi connectivity index (χ1) is 20.0. The summed E-state index contributed by atoms with van der Waals surface area (Å²) in [5, 5.41) is 11.8. The van der Waals surface area contributed by atoms with Crippen molar-refractivity contribution in [3.63, 3.8) is 0 Å². The van der Waals surface area contributed by atoms with Crippen LogP contribution in [-0.4, -0.2) is 75.2 Å². The molecular weight excluding hydrogens is 559 g/mol. The van der Waals surface area contributed by atoms with Crippen LogP contribution in [0.4, 0.5) is 4.39 Å². The molecule has 218 valence electrons. The number of hydrogen-bond donors (Lipinski definition) is 4. The molecule has 0 atom stereocenters. The minimum Gasteiger partial charge on any atom is -0.477 e. The number of hydrogen-bond acceptors (Lipinski definition) is 4. The number of aromatic carboxylic acids is 1. The molecule has 0 unspecified atom stereocenters. The summed E-state index contributed by atoms with van der Waals surface area (Å²) in [6.45, 7) is 4.55. The van der Waals surface area contributed by atoms with E-state index in [0.29, 0.717) is 46.5 Å². The molecule has 1 aliphatic rings. The minimum absolute atomic E-state index is 0.0123. The molecule has 4 N–H and O–H groups in total. The molecule has 0 saturated carbocycles. The summed E-state index contributed by atoms with van der Waals surface area (Å²) < 4.78 is 42.4. The molecule has 0 radical (unpaired) electrons. The second-order valence-corrected chi connectivity index (χ2v) is 13.1. The maximum absolute atomic E-state index is 14.7. The molecule has 6 rings (SSSR count). The molecule has 5 heterocycles. The molecule has 0 aliphatic carbocycles. The van der Waals surface area contributed by atoms with Crippen molar-refractivity contribution in [3.8, 4) is 22.4 Å². The Morgan fingerprint density at radius 3 is 2.57 bits per heavy atom. The Kier molecular flexibility index (Phi) is 6.79. The number of H-pyrrole nitrogens is 3. The molecule has 1 aromatic carbocycles. The third kappa shape index (κ3) is 4.52. The summed E-state index contributed by atoms with van der Waals surface area (Å²) in [4.78, 5) is 26.7. The number of nitrogens with one attached hydrogen (secondary N) is 3. The van der Waals surface area contributed by atoms with E-state index in [-0.39, 0.29) is 18.2 Å². The van der Waals surface area contributed by atoms with Crippen molar-refractivity contribution >= 4 is 43.7 Å². The van der Waals surface area contributed by atoms with E-state index in [0.717, 1.165) is 27.6 Å². The van der Waals surface area contributed by atoms with Crippen molar-refractivity contribution in [2.45, 2.75) is 26.2 Å². The third-order valence-corrected chi connectivity index (χ3v) is 9.75. The van der Waals surface area contributed by atoms with E-state index in [4.69, 9.17) is 0 Å². The van der Waals surface area contributed by atoms with E-state index in [1.165, 1.54) is 34.8 Å². The zero-order chi connectivity index (χ0) is 29.9. The van der Waals surface area contributed by atoms with Crippen LogP contribution >= 0.6 is 0 Å². The average Bonchev–Trinajstić information content (AvgIpc) is 3.69. The third-order valence-electron chi connectivity index (χ3n) is 7.84. The van der Waals surface area contributed by atoms with Gasteiger partial charge in [0, 0.05) is 72.7 Å². The lowest BCUT2D eigenvalue weighted by Crippen LogP contribution is -2.42. The fourth-order valence-electron chi connectivity index (χ4n) is 5.84. The quantitative estimate of drug-likeness (QED) is 0.197. The highest BCUT2D eigenvalue weighted by Gasteiger charge is 2.30. The maximum Gasteiger partial charge on any atom is 0.352 e. The molecule has 1 aliphatic heterocycles. The number of carboxylic acid groups (broad SMARTS) is 1. The summed E-state index contributed by atoms with van der Waals surface area (Å²) in [7, 11) is -0.494. The first-order valence-electron chi connectivity index (χ1n) is 13.6. The Balaban J connectivity index is 1.51. The minimum atomic E-state index is -3.52. The van der Waals surface area contributed by atoms with Crippen molar-refractivity contribution in [2.24, 2.45) is 0 Å². The lowest BCUT2D eigenvalue weighted by atomic mass is 9.89. The second-order valence-electron chi connectivity index (χ2n) is 10.9. The van der Waals surface area contributed by atoms with Crippen molar-refractivity contribution in [2.75, 3.05) is 27.2 Å². The fourth-order valence-corrected chi connectivity index (χ4v) is 6.88. The van der Waals surface area contributed by atoms with Gasteiger partial charge in [0.15, 0.2) is 0 Å². The Morgan fingerprint density at radius 2 is 1.90 bits per heavy atom. The lowest BCUT2D eigenvalue weighted by molar-refractivity contribution is 0.0692. The summed E-state index contributed by atoms with van der Waals surface area (Å²) in [6.07, 6.45) is 5.76. The average molecular weight is 591 g/mol. The Hall–Kier alpha value is -4.26. The Bertz CT molecular complexity index is 2000. The van der Waals surface area contributed by atoms with Gasteiger partial charge < -0.3 is 20.1 Å². The second kappa shape index (κ2) is 10.2. The molecular formula is C30H31FN6O4S. The molecule has 10 nitrogen and oxygen atoms in total. The van der Waals surface area contributed by atoms with Gasteiger partial charge in [0.05, 0.1) is 5.69 Å². The summed E-state index contributed by atoms with van der Waals surface area (Å²) in [5.74, 6) is -1.66. The standard InChI is InChI=1S/C30H31FN6O4S/c1-16(2)25-26(28(30(38)39)35-27(25)21-13-18(31)14-24-19(21)5-9-32-24)20-6-10-33-29-22(20)15-23(34-29)17-7-11-37(12-8-17)42(40,41)36(3)4/h5-7,9-10,13-16,32,35H,8,11-12H2,1-4H3,(H,33,34)(H,38,39). The number of fused-ring (bicyclic) bond motifs is 2. The van der Waals surface area contributed by atoms with E-state index in [2.05, 4.69) is 19.9 Å². The molecule has 42 heavy (non-hydrogen) atoms. The van der Waals surface area contributed by atoms with E-state index < -0.39 is 22.0 Å². The van der Waals surface area contributed by atoms with Gasteiger partial charge in [0.1, 0.15) is 17.2 Å². The van der Waals surface area contributed by atoms with Crippen molar-refractivity contribution in [1.82, 2.24) is 28.5 Å². The number of pyridine rings is 1. The first-order valence-corrected chi connectivity index (χ1v) is 15.0. The Morgan fingerprint density at radius 1 is 1.12 bits per heavy atom. The smallest absolute Gasteiger partial charge is 0.352 e. The van der Waals surface area contributed by atoms with Crippen LogP contribution in [0.3, 0.4) is 0 Å². The van der Waals surface area contributed by atoms with E-state index in [1.54, 1.807) is 18.5 Å². The number of carboxylic acids is 1. The highest BCUT2D eigenvalue weighted by atomic mass is 32.2. The summed E-state index contributed by atoms with van der Waals surface area (Å²) >= 11 is 0. The number of aromatic amines is 3. The van der Waals surface area contributed by atoms with E-state index >= 15 is 0 Å². The van der Waals surface area contributed by atoms with Gasteiger partial charge in [-0.1, -0.05) is 19.9 Å². The van der Waals surface area contributed by atoms with Crippen LogP contribution in [0.1, 0.15) is 47.9 Å². The van der Waals surface area contributed by atoms with Crippen molar-refractivity contribution < 1.29 is 22.7 Å². The molecule has 0 bridgehead atoms. The largest absolute Gasteiger partial charge is 0.477 e. The predicted octanol–water partition coefficient (Wildman–Crippen LogP) is 5.56. The predicted molar refractivity (Wildman–Crippen MR) is 161 cm³/mol. The maximum atomic E-state index is 14.7. The zero-order valence-corrected chi connectivity index (χ0v) is 24.4. The van der Waals surface area contributed by atoms with Gasteiger partial charge in [-0.3, -0.25) is 0 Å². The fraction of sp³-hybridized carbons (Fsp3) is 0.267. The molecule has 0 spiro atoms. The van der Waals surface area contributed by atoms with Gasteiger partial charge in [-0.05, 0) is 59.4 Å². The molecule has 12 heteroatoms. The first kappa shape index (κ1) is 27.9.